The van der Waals surface area contributed by atoms with Crippen LogP contribution in [0.4, 0.5) is 0 Å². The first kappa shape index (κ1) is 109. The zero-order chi connectivity index (χ0) is 87.8. The third-order valence-corrected chi connectivity index (χ3v) is 117. The van der Waals surface area contributed by atoms with Crippen LogP contribution in [0.3, 0.4) is 0 Å². The number of ether oxygens (including phenoxy) is 2. The predicted octanol–water partition coefficient (Wildman–Crippen LogP) is 17.3. The summed E-state index contributed by atoms with van der Waals surface area (Å²) in [5.41, 5.74) is 0.729. The van der Waals surface area contributed by atoms with Gasteiger partial charge in [-0.15, -0.1) is 0 Å². The van der Waals surface area contributed by atoms with Crippen LogP contribution in [0.15, 0.2) is 24.3 Å². The lowest BCUT2D eigenvalue weighted by Gasteiger charge is -2.50. The van der Waals surface area contributed by atoms with E-state index in [1.165, 1.54) is 0 Å². The minimum atomic E-state index is -3.22. The molecule has 0 amide bonds. The van der Waals surface area contributed by atoms with E-state index in [1.807, 2.05) is 26.2 Å². The van der Waals surface area contributed by atoms with E-state index in [2.05, 4.69) is 210 Å². The van der Waals surface area contributed by atoms with Gasteiger partial charge < -0.3 is 101 Å². The summed E-state index contributed by atoms with van der Waals surface area (Å²) >= 11 is 0. The van der Waals surface area contributed by atoms with E-state index in [-0.39, 0.29) is 13.2 Å². The van der Waals surface area contributed by atoms with Crippen LogP contribution in [0.1, 0.15) is 40.0 Å². The van der Waals surface area contributed by atoms with Gasteiger partial charge in [0.2, 0.25) is 0 Å². The molecule has 9 atom stereocenters. The van der Waals surface area contributed by atoms with E-state index < -0.39 is 219 Å². The number of carbonyl (C=O) groups is 2. The maximum atomic E-state index is 12.6. The second kappa shape index (κ2) is 41.0. The predicted molar refractivity (Wildman–Crippen MR) is 516 cm³/mol. The number of rotatable bonds is 41. The molecule has 0 bridgehead atoms. The molecule has 2 N–H and O–H groups in total. The van der Waals surface area contributed by atoms with Crippen LogP contribution >= 0.6 is 0 Å². The smallest absolute Gasteiger partial charge is 0.333 e. The molecule has 0 aromatic heterocycles. The van der Waals surface area contributed by atoms with Crippen LogP contribution in [0.5, 0.6) is 0 Å². The van der Waals surface area contributed by atoms with Gasteiger partial charge in [-0.1, -0.05) is 20.1 Å². The molecular weight excluding hydrogens is 1860 g/mol. The highest BCUT2D eigenvalue weighted by Crippen LogP contribution is 2.44. The van der Waals surface area contributed by atoms with Crippen LogP contribution < -0.4 is 0 Å². The Hall–Kier alpha value is 2.75. The van der Waals surface area contributed by atoms with Gasteiger partial charge in [0, 0.05) is 11.1 Å². The number of esters is 2. The molecule has 50 heteroatoms. The van der Waals surface area contributed by atoms with Gasteiger partial charge >= 0.3 is 149 Å². The molecule has 9 unspecified atom stereocenters. The zero-order valence-electron chi connectivity index (χ0n) is 78.1. The monoisotopic (exact) mass is 2020 g/mol. The molecular formula is C64H162O26Si24. The number of hydrogen-bond donors (Lipinski definition) is 2. The second-order valence-corrected chi connectivity index (χ2v) is 128. The van der Waals surface area contributed by atoms with Crippen molar-refractivity contribution in [3.63, 3.8) is 0 Å². The fourth-order valence-corrected chi connectivity index (χ4v) is 140. The molecule has 4 rings (SSSR count). The van der Waals surface area contributed by atoms with Crippen molar-refractivity contribution in [3.05, 3.63) is 24.3 Å². The van der Waals surface area contributed by atoms with E-state index >= 15 is 0 Å². The standard InChI is InChI=1S/C64H162O26Si24/c1-39-104(28)71-91-73-106(30,87-113(37,85-104)55-49-93(6,7)67)57-51-95(10,11)76-100(20,21)78-98(16,17)54-60-112(36)84-103(26,27)81-109(33,46-41-44-70-64(66)62(4)5)89-110(34,90-112)48-42-47-105(29)72-92-74-107(31,88-114(38,86-105)56-50-94(8,9)68)58-52-96(12,13)75-99(18,19)77-97(14,15)53-59-111(35)82-101(22,23)79-108(32,80-102(24,25)83-111)45-40-43-69-63(65)61(2)3/h67-68H,2,4,39-60,91-92H2,1,3,5-38H3. The quantitative estimate of drug-likeness (QED) is 0.0249. The van der Waals surface area contributed by atoms with Crippen molar-refractivity contribution >= 4 is 219 Å². The van der Waals surface area contributed by atoms with Crippen molar-refractivity contribution in [2.24, 2.45) is 0 Å². The van der Waals surface area contributed by atoms with Gasteiger partial charge in [0.1, 0.15) is 0 Å². The Labute approximate surface area is 719 Å². The lowest BCUT2D eigenvalue weighted by molar-refractivity contribution is -0.139. The zero-order valence-corrected chi connectivity index (χ0v) is 103. The Balaban J connectivity index is 1.52. The van der Waals surface area contributed by atoms with Crippen molar-refractivity contribution < 1.29 is 111 Å². The van der Waals surface area contributed by atoms with Gasteiger partial charge in [-0.2, -0.15) is 0 Å². The molecule has 4 heterocycles. The van der Waals surface area contributed by atoms with E-state index in [0.717, 1.165) is 48.4 Å². The maximum Gasteiger partial charge on any atom is 0.333 e. The van der Waals surface area contributed by atoms with Crippen LogP contribution in [0.25, 0.3) is 0 Å². The minimum Gasteiger partial charge on any atom is -0.462 e. The molecule has 4 aliphatic rings. The molecule has 0 aromatic rings. The molecule has 0 spiro atoms. The molecule has 0 saturated carbocycles. The average Bonchev–Trinajstić information content (AvgIpc) is 0.782. The third-order valence-electron chi connectivity index (χ3n) is 20.6. The van der Waals surface area contributed by atoms with Gasteiger partial charge in [0.25, 0.3) is 20.0 Å². The summed E-state index contributed by atoms with van der Waals surface area (Å²) in [6.45, 7) is 84.8. The Morgan fingerprint density at radius 3 is 0.798 bits per heavy atom. The van der Waals surface area contributed by atoms with E-state index in [4.69, 9.17) is 91.8 Å². The topological polar surface area (TPSA) is 278 Å². The summed E-state index contributed by atoms with van der Waals surface area (Å²) in [4.78, 5) is 47.1. The summed E-state index contributed by atoms with van der Waals surface area (Å²) in [6, 6.07) is 12.2. The van der Waals surface area contributed by atoms with Gasteiger partial charge in [-0.3, -0.25) is 0 Å². The highest BCUT2D eigenvalue weighted by Gasteiger charge is 2.60. The van der Waals surface area contributed by atoms with Crippen molar-refractivity contribution in [1.82, 2.24) is 0 Å². The van der Waals surface area contributed by atoms with Crippen molar-refractivity contribution in [2.45, 2.75) is 359 Å². The first-order valence-corrected chi connectivity index (χ1v) is 105. The first-order valence-electron chi connectivity index (χ1n) is 41.8. The highest BCUT2D eigenvalue weighted by atomic mass is 28.5. The fourth-order valence-electron chi connectivity index (χ4n) is 16.2. The van der Waals surface area contributed by atoms with Crippen molar-refractivity contribution in [2.75, 3.05) is 13.2 Å². The normalized spacial score (nSPS) is 33.2. The van der Waals surface area contributed by atoms with Crippen LogP contribution in [-0.2, 0) is 101 Å². The van der Waals surface area contributed by atoms with E-state index in [9.17, 15) is 19.2 Å². The van der Waals surface area contributed by atoms with E-state index in [0.29, 0.717) is 84.8 Å². The maximum absolute atomic E-state index is 12.6. The molecule has 0 aromatic carbocycles. The second-order valence-electron chi connectivity index (χ2n) is 40.8. The van der Waals surface area contributed by atoms with Gasteiger partial charge in [-0.05, 0) is 352 Å². The molecule has 4 fully saturated rings. The summed E-state index contributed by atoms with van der Waals surface area (Å²) in [7, 11) is -63.6. The van der Waals surface area contributed by atoms with Gasteiger partial charge in [-0.25, -0.2) is 9.59 Å². The molecule has 26 nitrogen and oxygen atoms in total. The summed E-state index contributed by atoms with van der Waals surface area (Å²) in [6.07, 6.45) is 1.86. The van der Waals surface area contributed by atoms with Gasteiger partial charge in [0.15, 0.2) is 49.9 Å². The summed E-state index contributed by atoms with van der Waals surface area (Å²) in [5, 5.41) is 0. The highest BCUT2D eigenvalue weighted by molar-refractivity contribution is 6.98. The Bertz CT molecular complexity index is 3160. The summed E-state index contributed by atoms with van der Waals surface area (Å²) in [5.74, 6) is -0.812. The van der Waals surface area contributed by atoms with Crippen molar-refractivity contribution in [3.8, 4) is 0 Å². The molecule has 4 saturated heterocycles. The lowest BCUT2D eigenvalue weighted by atomic mass is 10.4. The first-order chi connectivity index (χ1) is 50.9. The Morgan fingerprint density at radius 2 is 0.509 bits per heavy atom. The third kappa shape index (κ3) is 40.4. The van der Waals surface area contributed by atoms with E-state index in [1.54, 1.807) is 13.8 Å². The minimum absolute atomic E-state index is 0.212. The fraction of sp³-hybridized carbons (Fsp3) is 0.906. The van der Waals surface area contributed by atoms with Crippen molar-refractivity contribution in [1.29, 1.82) is 0 Å². The van der Waals surface area contributed by atoms with Crippen LogP contribution in [0.2, 0.25) is 319 Å². The Kier molecular flexibility index (Phi) is 39.2. The summed E-state index contributed by atoms with van der Waals surface area (Å²) < 4.78 is 156. The molecule has 0 radical (unpaired) electrons. The Morgan fingerprint density at radius 1 is 0.307 bits per heavy atom. The van der Waals surface area contributed by atoms with Crippen LogP contribution in [0, 0.1) is 0 Å². The number of hydrogen-bond acceptors (Lipinski definition) is 26. The number of carbonyl (C=O) groups excluding carboxylic acids is 2. The lowest BCUT2D eigenvalue weighted by Crippen LogP contribution is -2.67. The molecule has 4 aliphatic heterocycles. The molecule has 114 heavy (non-hydrogen) atoms. The molecule has 0 aliphatic carbocycles. The molecule has 670 valence electrons. The van der Waals surface area contributed by atoms with Crippen LogP contribution in [-0.4, -0.2) is 242 Å². The van der Waals surface area contributed by atoms with Gasteiger partial charge in [0.05, 0.1) is 13.2 Å². The largest absolute Gasteiger partial charge is 0.462 e. The SMILES string of the molecule is C=C(C)C(=O)OCCC[Si]1(C)O[Si](C)(C)O[Si](C)(CC[Si](C)(C)O[Si](C)(C)O[Si](C)(C)CC[Si]2(C)O[SiH2]O[Si](C)(CCC[Si]3(C)O[Si](C)(CCCOC(=O)C(=C)C)O[Si](C)(C)O[Si](C)(CC[Si](C)(C)O[Si](C)(C)O[Si](C)(C)CC[Si]4(C)O[SiH2]O[Si](C)(CC)O[Si](C)(CC[Si](C)(C)O)O4)O3)O[Si](C)(CC[Si](C)(C)O)O2)O[Si](C)(C)O1. The average molecular weight is 2020 g/mol.